The molecular formula is C5H8F7P. The summed E-state index contributed by atoms with van der Waals surface area (Å²) in [5, 5.41) is 0. The molecule has 0 nitrogen and oxygen atoms in total. The van der Waals surface area contributed by atoms with Gasteiger partial charge in [0.15, 0.2) is 0 Å². The van der Waals surface area contributed by atoms with Crippen molar-refractivity contribution >= 4 is 7.22 Å². The predicted octanol–water partition coefficient (Wildman–Crippen LogP) is 4.11. The van der Waals surface area contributed by atoms with Crippen molar-refractivity contribution in [1.82, 2.24) is 0 Å². The average Bonchev–Trinajstić information content (AvgIpc) is 1.84. The Morgan fingerprint density at radius 1 is 1.00 bits per heavy atom. The van der Waals surface area contributed by atoms with Gasteiger partial charge >= 0.3 is 69.2 Å². The van der Waals surface area contributed by atoms with E-state index in [1.807, 2.05) is 0 Å². The van der Waals surface area contributed by atoms with E-state index in [4.69, 9.17) is 0 Å². The maximum atomic E-state index is 12.8. The van der Waals surface area contributed by atoms with Gasteiger partial charge in [-0.15, -0.1) is 0 Å². The molecule has 0 aromatic heterocycles. The second-order valence-electron chi connectivity index (χ2n) is 2.86. The van der Waals surface area contributed by atoms with Crippen molar-refractivity contribution in [2.45, 2.75) is 18.8 Å². The second-order valence-corrected chi connectivity index (χ2v) is 7.07. The third-order valence-electron chi connectivity index (χ3n) is 1.75. The second kappa shape index (κ2) is 2.72. The summed E-state index contributed by atoms with van der Waals surface area (Å²) in [7, 11) is -6.97. The van der Waals surface area contributed by atoms with Crippen molar-refractivity contribution in [3.8, 4) is 0 Å². The molecule has 0 saturated carbocycles. The van der Waals surface area contributed by atoms with Crippen LogP contribution in [0.1, 0.15) is 6.92 Å². The van der Waals surface area contributed by atoms with Crippen molar-refractivity contribution in [2.24, 2.45) is 0 Å². The summed E-state index contributed by atoms with van der Waals surface area (Å²) in [4.78, 5) is 0. The van der Waals surface area contributed by atoms with Crippen LogP contribution >= 0.6 is 7.22 Å². The van der Waals surface area contributed by atoms with Crippen molar-refractivity contribution < 1.29 is 30.3 Å². The SMILES string of the molecule is CCP(C)(F)(F)C(F)(F)C(F)(F)F. The van der Waals surface area contributed by atoms with E-state index < -0.39 is 25.2 Å². The molecule has 13 heavy (non-hydrogen) atoms. The van der Waals surface area contributed by atoms with Gasteiger partial charge < -0.3 is 0 Å². The number of halogens is 7. The van der Waals surface area contributed by atoms with E-state index in [9.17, 15) is 30.3 Å². The van der Waals surface area contributed by atoms with E-state index in [1.54, 1.807) is 0 Å². The summed E-state index contributed by atoms with van der Waals surface area (Å²) in [6, 6.07) is 0. The third-order valence-corrected chi connectivity index (χ3v) is 4.81. The molecule has 0 aliphatic carbocycles. The number of hydrogen-bond acceptors (Lipinski definition) is 0. The van der Waals surface area contributed by atoms with Crippen LogP contribution in [-0.4, -0.2) is 24.7 Å². The Balaban J connectivity index is 5.29. The van der Waals surface area contributed by atoms with E-state index in [2.05, 4.69) is 0 Å². The van der Waals surface area contributed by atoms with E-state index in [-0.39, 0.29) is 6.66 Å². The fourth-order valence-electron chi connectivity index (χ4n) is 0.511. The van der Waals surface area contributed by atoms with Crippen LogP contribution in [0.3, 0.4) is 0 Å². The molecule has 0 atom stereocenters. The molecular weight excluding hydrogens is 224 g/mol. The quantitative estimate of drug-likeness (QED) is 0.496. The number of rotatable bonds is 2. The van der Waals surface area contributed by atoms with E-state index >= 15 is 0 Å². The fraction of sp³-hybridized carbons (Fsp3) is 1.00. The Labute approximate surface area is 70.3 Å². The van der Waals surface area contributed by atoms with Crippen molar-refractivity contribution in [3.63, 3.8) is 0 Å². The molecule has 0 spiro atoms. The first-order valence-electron chi connectivity index (χ1n) is 3.23. The molecule has 0 bridgehead atoms. The van der Waals surface area contributed by atoms with Gasteiger partial charge in [0, 0.05) is 0 Å². The van der Waals surface area contributed by atoms with Gasteiger partial charge in [-0.2, -0.15) is 0 Å². The van der Waals surface area contributed by atoms with Crippen LogP contribution in [0.15, 0.2) is 0 Å². The molecule has 0 unspecified atom stereocenters. The van der Waals surface area contributed by atoms with Gasteiger partial charge in [-0.1, -0.05) is 0 Å². The molecule has 0 radical (unpaired) electrons. The Bertz CT molecular complexity index is 197. The zero-order valence-electron chi connectivity index (χ0n) is 6.80. The zero-order chi connectivity index (χ0) is 11.2. The minimum atomic E-state index is -6.97. The molecule has 0 fully saturated rings. The van der Waals surface area contributed by atoms with Crippen LogP contribution in [0.25, 0.3) is 0 Å². The summed E-state index contributed by atoms with van der Waals surface area (Å²) < 4.78 is 84.8. The Kier molecular flexibility index (Phi) is 2.70. The summed E-state index contributed by atoms with van der Waals surface area (Å²) in [6.45, 7) is 0.344. The maximum absolute atomic E-state index is 12.8. The number of hydrogen-bond donors (Lipinski definition) is 0. The molecule has 82 valence electrons. The monoisotopic (exact) mass is 232 g/mol. The summed E-state index contributed by atoms with van der Waals surface area (Å²) in [5.41, 5.74) is -5.88. The van der Waals surface area contributed by atoms with Gasteiger partial charge in [0.25, 0.3) is 0 Å². The van der Waals surface area contributed by atoms with E-state index in [1.165, 1.54) is 0 Å². The summed E-state index contributed by atoms with van der Waals surface area (Å²) in [5.74, 6) is 0. The summed E-state index contributed by atoms with van der Waals surface area (Å²) in [6.07, 6.45) is -7.64. The molecule has 0 saturated heterocycles. The first-order chi connectivity index (χ1) is 5.34. The Morgan fingerprint density at radius 2 is 1.31 bits per heavy atom. The normalized spacial score (nSPS) is 18.1. The third kappa shape index (κ3) is 1.90. The minimum absolute atomic E-state index is 0.279. The van der Waals surface area contributed by atoms with E-state index in [0.717, 1.165) is 0 Å². The van der Waals surface area contributed by atoms with Crippen molar-refractivity contribution in [1.29, 1.82) is 0 Å². The van der Waals surface area contributed by atoms with Crippen molar-refractivity contribution in [2.75, 3.05) is 12.8 Å². The fourth-order valence-corrected chi connectivity index (χ4v) is 1.53. The zero-order valence-corrected chi connectivity index (χ0v) is 7.69. The van der Waals surface area contributed by atoms with Crippen molar-refractivity contribution in [3.05, 3.63) is 0 Å². The molecule has 0 aromatic rings. The molecule has 0 aliphatic heterocycles. The molecule has 0 amide bonds. The van der Waals surface area contributed by atoms with Gasteiger partial charge in [0.05, 0.1) is 0 Å². The van der Waals surface area contributed by atoms with Crippen LogP contribution in [-0.2, 0) is 0 Å². The molecule has 0 heterocycles. The average molecular weight is 232 g/mol. The molecule has 0 rings (SSSR count). The van der Waals surface area contributed by atoms with Crippen LogP contribution in [0.4, 0.5) is 30.3 Å². The van der Waals surface area contributed by atoms with Gasteiger partial charge in [-0.25, -0.2) is 0 Å². The first kappa shape index (κ1) is 12.9. The van der Waals surface area contributed by atoms with E-state index in [0.29, 0.717) is 6.92 Å². The van der Waals surface area contributed by atoms with Crippen LogP contribution in [0, 0.1) is 0 Å². The van der Waals surface area contributed by atoms with Crippen LogP contribution in [0.5, 0.6) is 0 Å². The molecule has 0 aliphatic rings. The topological polar surface area (TPSA) is 0 Å². The van der Waals surface area contributed by atoms with Gasteiger partial charge in [0.1, 0.15) is 0 Å². The van der Waals surface area contributed by atoms with Gasteiger partial charge in [-0.05, 0) is 0 Å². The first-order valence-corrected chi connectivity index (χ1v) is 5.88. The summed E-state index contributed by atoms with van der Waals surface area (Å²) >= 11 is 0. The molecule has 0 N–H and O–H groups in total. The number of alkyl halides is 5. The van der Waals surface area contributed by atoms with Gasteiger partial charge in [-0.3, -0.25) is 0 Å². The Morgan fingerprint density at radius 3 is 1.38 bits per heavy atom. The van der Waals surface area contributed by atoms with Crippen LogP contribution < -0.4 is 0 Å². The molecule has 0 aromatic carbocycles. The standard InChI is InChI=1S/C5H8F7P/c1-3-13(2,11,12)5(9,10)4(6,7)8/h3H2,1-2H3. The molecule has 8 heteroatoms. The van der Waals surface area contributed by atoms with Crippen LogP contribution in [0.2, 0.25) is 0 Å². The van der Waals surface area contributed by atoms with Gasteiger partial charge in [0.2, 0.25) is 0 Å². The predicted molar refractivity (Wildman–Crippen MR) is 36.6 cm³/mol. The Hall–Kier alpha value is -0.0600.